The van der Waals surface area contributed by atoms with Crippen LogP contribution in [0.25, 0.3) is 0 Å². The first-order valence-corrected chi connectivity index (χ1v) is 7.91. The highest BCUT2D eigenvalue weighted by Crippen LogP contribution is 2.27. The maximum absolute atomic E-state index is 12.2. The van der Waals surface area contributed by atoms with Gasteiger partial charge in [0.1, 0.15) is 0 Å². The number of aryl methyl sites for hydroxylation is 1. The maximum Gasteiger partial charge on any atom is 0.251 e. The van der Waals surface area contributed by atoms with E-state index in [0.717, 1.165) is 6.54 Å². The Balaban J connectivity index is 1.78. The fraction of sp³-hybridized carbons (Fsp3) is 0.316. The van der Waals surface area contributed by atoms with Crippen molar-refractivity contribution in [3.63, 3.8) is 0 Å². The van der Waals surface area contributed by atoms with Crippen LogP contribution < -0.4 is 20.1 Å². The number of carbonyl (C=O) groups is 1. The summed E-state index contributed by atoms with van der Waals surface area (Å²) in [6.07, 6.45) is 0. The summed E-state index contributed by atoms with van der Waals surface area (Å²) in [6.45, 7) is 4.14. The van der Waals surface area contributed by atoms with Crippen molar-refractivity contribution >= 4 is 5.91 Å². The minimum atomic E-state index is -0.131. The number of rotatable bonds is 8. The van der Waals surface area contributed by atoms with Crippen molar-refractivity contribution in [2.75, 3.05) is 27.3 Å². The van der Waals surface area contributed by atoms with E-state index in [1.165, 1.54) is 11.1 Å². The molecule has 2 aromatic rings. The molecule has 0 radical (unpaired) electrons. The van der Waals surface area contributed by atoms with Crippen molar-refractivity contribution in [2.45, 2.75) is 13.5 Å². The Bertz CT molecular complexity index is 686. The van der Waals surface area contributed by atoms with Gasteiger partial charge in [0.25, 0.3) is 5.91 Å². The van der Waals surface area contributed by atoms with Gasteiger partial charge in [-0.1, -0.05) is 24.3 Å². The van der Waals surface area contributed by atoms with Crippen LogP contribution >= 0.6 is 0 Å². The number of hydrogen-bond donors (Lipinski definition) is 2. The fourth-order valence-electron chi connectivity index (χ4n) is 2.38. The Morgan fingerprint density at radius 1 is 1.00 bits per heavy atom. The second kappa shape index (κ2) is 8.93. The molecule has 0 aliphatic rings. The van der Waals surface area contributed by atoms with Gasteiger partial charge in [-0.3, -0.25) is 4.79 Å². The zero-order chi connectivity index (χ0) is 17.4. The Kier molecular flexibility index (Phi) is 6.63. The predicted octanol–water partition coefficient (Wildman–Crippen LogP) is 2.53. The summed E-state index contributed by atoms with van der Waals surface area (Å²) in [7, 11) is 3.12. The fourth-order valence-corrected chi connectivity index (χ4v) is 2.38. The van der Waals surface area contributed by atoms with Crippen LogP contribution in [0.3, 0.4) is 0 Å². The first-order chi connectivity index (χ1) is 11.7. The average molecular weight is 328 g/mol. The minimum Gasteiger partial charge on any atom is -0.493 e. The molecule has 2 rings (SSSR count). The lowest BCUT2D eigenvalue weighted by Gasteiger charge is -2.11. The van der Waals surface area contributed by atoms with Crippen LogP contribution in [0.5, 0.6) is 11.5 Å². The first-order valence-electron chi connectivity index (χ1n) is 7.91. The van der Waals surface area contributed by atoms with Crippen molar-refractivity contribution in [1.29, 1.82) is 0 Å². The van der Waals surface area contributed by atoms with Crippen molar-refractivity contribution in [2.24, 2.45) is 0 Å². The van der Waals surface area contributed by atoms with Gasteiger partial charge in [0.15, 0.2) is 11.5 Å². The number of carbonyl (C=O) groups excluding carboxylic acids is 1. The first kappa shape index (κ1) is 17.8. The highest BCUT2D eigenvalue weighted by Gasteiger charge is 2.10. The van der Waals surface area contributed by atoms with E-state index < -0.39 is 0 Å². The molecule has 0 fully saturated rings. The molecule has 0 aliphatic heterocycles. The van der Waals surface area contributed by atoms with Crippen LogP contribution in [0.1, 0.15) is 21.5 Å². The van der Waals surface area contributed by atoms with E-state index in [0.29, 0.717) is 30.2 Å². The lowest BCUT2D eigenvalue weighted by atomic mass is 10.1. The lowest BCUT2D eigenvalue weighted by Crippen LogP contribution is -2.31. The quantitative estimate of drug-likeness (QED) is 0.731. The topological polar surface area (TPSA) is 59.6 Å². The molecule has 0 heterocycles. The Hall–Kier alpha value is -2.53. The zero-order valence-corrected chi connectivity index (χ0v) is 14.4. The number of amides is 1. The summed E-state index contributed by atoms with van der Waals surface area (Å²) in [5.41, 5.74) is 3.08. The molecule has 0 spiro atoms. The van der Waals surface area contributed by atoms with Crippen LogP contribution in [0.4, 0.5) is 0 Å². The smallest absolute Gasteiger partial charge is 0.251 e. The molecule has 0 aromatic heterocycles. The second-order valence-electron chi connectivity index (χ2n) is 5.43. The Morgan fingerprint density at radius 3 is 2.46 bits per heavy atom. The van der Waals surface area contributed by atoms with E-state index in [9.17, 15) is 4.79 Å². The summed E-state index contributed by atoms with van der Waals surface area (Å²) in [5, 5.41) is 6.22. The summed E-state index contributed by atoms with van der Waals surface area (Å²) < 4.78 is 10.4. The number of benzene rings is 2. The molecular weight excluding hydrogens is 304 g/mol. The molecule has 0 bridgehead atoms. The molecule has 0 atom stereocenters. The van der Waals surface area contributed by atoms with E-state index >= 15 is 0 Å². The van der Waals surface area contributed by atoms with Gasteiger partial charge in [0.2, 0.25) is 0 Å². The SMILES string of the molecule is COc1ccc(C(=O)NCCNCc2ccccc2C)cc1OC. The van der Waals surface area contributed by atoms with E-state index in [2.05, 4.69) is 29.7 Å². The molecule has 0 saturated carbocycles. The van der Waals surface area contributed by atoms with Crippen molar-refractivity contribution in [3.05, 3.63) is 59.2 Å². The Labute approximate surface area is 143 Å². The van der Waals surface area contributed by atoms with Gasteiger partial charge in [0.05, 0.1) is 14.2 Å². The second-order valence-corrected chi connectivity index (χ2v) is 5.43. The van der Waals surface area contributed by atoms with Gasteiger partial charge in [-0.15, -0.1) is 0 Å². The molecule has 2 aromatic carbocycles. The molecule has 5 nitrogen and oxygen atoms in total. The maximum atomic E-state index is 12.2. The van der Waals surface area contributed by atoms with E-state index in [-0.39, 0.29) is 5.91 Å². The van der Waals surface area contributed by atoms with Gasteiger partial charge in [0, 0.05) is 25.2 Å². The largest absolute Gasteiger partial charge is 0.493 e. The van der Waals surface area contributed by atoms with Crippen molar-refractivity contribution in [3.8, 4) is 11.5 Å². The molecule has 1 amide bonds. The van der Waals surface area contributed by atoms with Crippen LogP contribution in [0, 0.1) is 6.92 Å². The number of hydrogen-bond acceptors (Lipinski definition) is 4. The van der Waals surface area contributed by atoms with E-state index in [1.807, 2.05) is 12.1 Å². The predicted molar refractivity (Wildman–Crippen MR) is 94.8 cm³/mol. The standard InChI is InChI=1S/C19H24N2O3/c1-14-6-4-5-7-16(14)13-20-10-11-21-19(22)15-8-9-17(23-2)18(12-15)24-3/h4-9,12,20H,10-11,13H2,1-3H3,(H,21,22). The molecular formula is C19H24N2O3. The van der Waals surface area contributed by atoms with Crippen LogP contribution in [-0.4, -0.2) is 33.2 Å². The number of methoxy groups -OCH3 is 2. The third kappa shape index (κ3) is 4.73. The summed E-state index contributed by atoms with van der Waals surface area (Å²) in [4.78, 5) is 12.2. The normalized spacial score (nSPS) is 10.3. The van der Waals surface area contributed by atoms with Gasteiger partial charge < -0.3 is 20.1 Å². The molecule has 2 N–H and O–H groups in total. The van der Waals surface area contributed by atoms with Crippen LogP contribution in [0.15, 0.2) is 42.5 Å². The van der Waals surface area contributed by atoms with Gasteiger partial charge >= 0.3 is 0 Å². The van der Waals surface area contributed by atoms with Crippen LogP contribution in [0.2, 0.25) is 0 Å². The van der Waals surface area contributed by atoms with Crippen LogP contribution in [-0.2, 0) is 6.54 Å². The third-order valence-electron chi connectivity index (χ3n) is 3.81. The van der Waals surface area contributed by atoms with Crippen molar-refractivity contribution < 1.29 is 14.3 Å². The zero-order valence-electron chi connectivity index (χ0n) is 14.4. The summed E-state index contributed by atoms with van der Waals surface area (Å²) >= 11 is 0. The molecule has 0 unspecified atom stereocenters. The number of nitrogens with one attached hydrogen (secondary N) is 2. The molecule has 0 aliphatic carbocycles. The Morgan fingerprint density at radius 2 is 1.75 bits per heavy atom. The van der Waals surface area contributed by atoms with Gasteiger partial charge in [-0.25, -0.2) is 0 Å². The molecule has 5 heteroatoms. The monoisotopic (exact) mass is 328 g/mol. The van der Waals surface area contributed by atoms with E-state index in [4.69, 9.17) is 9.47 Å². The summed E-state index contributed by atoms with van der Waals surface area (Å²) in [5.74, 6) is 1.02. The van der Waals surface area contributed by atoms with Gasteiger partial charge in [-0.05, 0) is 36.2 Å². The molecule has 128 valence electrons. The average Bonchev–Trinajstić information content (AvgIpc) is 2.62. The third-order valence-corrected chi connectivity index (χ3v) is 3.81. The highest BCUT2D eigenvalue weighted by molar-refractivity contribution is 5.94. The van der Waals surface area contributed by atoms with Gasteiger partial charge in [-0.2, -0.15) is 0 Å². The number of ether oxygens (including phenoxy) is 2. The molecule has 0 saturated heterocycles. The molecule has 24 heavy (non-hydrogen) atoms. The lowest BCUT2D eigenvalue weighted by molar-refractivity contribution is 0.0953. The summed E-state index contributed by atoms with van der Waals surface area (Å²) in [6, 6.07) is 13.4. The van der Waals surface area contributed by atoms with Crippen molar-refractivity contribution in [1.82, 2.24) is 10.6 Å². The highest BCUT2D eigenvalue weighted by atomic mass is 16.5. The van der Waals surface area contributed by atoms with E-state index in [1.54, 1.807) is 32.4 Å². The minimum absolute atomic E-state index is 0.131.